The second kappa shape index (κ2) is 7.60. The van der Waals surface area contributed by atoms with E-state index in [-0.39, 0.29) is 30.4 Å². The Balaban J connectivity index is 1.49. The number of halogens is 1. The Morgan fingerprint density at radius 2 is 1.61 bits per heavy atom. The van der Waals surface area contributed by atoms with Crippen molar-refractivity contribution in [2.45, 2.75) is 6.54 Å². The first-order valence-electron chi connectivity index (χ1n) is 9.67. The largest absolute Gasteiger partial charge is 0.454 e. The zero-order chi connectivity index (χ0) is 21.4. The van der Waals surface area contributed by atoms with Crippen molar-refractivity contribution >= 4 is 23.1 Å². The van der Waals surface area contributed by atoms with E-state index < -0.39 is 11.8 Å². The number of benzene rings is 3. The molecule has 1 N–H and O–H groups in total. The number of amides is 2. The Kier molecular flexibility index (Phi) is 4.63. The zero-order valence-electron chi connectivity index (χ0n) is 16.3. The fourth-order valence-electron chi connectivity index (χ4n) is 3.61. The maximum Gasteiger partial charge on any atom is 0.278 e. The highest BCUT2D eigenvalue weighted by Gasteiger charge is 2.39. The van der Waals surface area contributed by atoms with E-state index >= 15 is 0 Å². The molecule has 0 spiro atoms. The number of fused-ring (bicyclic) bond motifs is 1. The third-order valence-corrected chi connectivity index (χ3v) is 5.12. The van der Waals surface area contributed by atoms with E-state index in [1.54, 1.807) is 42.5 Å². The SMILES string of the molecule is O=C1C(Nc2ccc(F)cc2)=C(c2ccccc2)C(=O)N1Cc1ccc2c(c1)OCO2. The van der Waals surface area contributed by atoms with Crippen LogP contribution in [0.4, 0.5) is 10.1 Å². The Labute approximate surface area is 177 Å². The van der Waals surface area contributed by atoms with Gasteiger partial charge in [-0.15, -0.1) is 0 Å². The van der Waals surface area contributed by atoms with Crippen molar-refractivity contribution in [2.75, 3.05) is 12.1 Å². The summed E-state index contributed by atoms with van der Waals surface area (Å²) >= 11 is 0. The first-order valence-corrected chi connectivity index (χ1v) is 9.67. The molecule has 3 aromatic carbocycles. The van der Waals surface area contributed by atoms with Crippen molar-refractivity contribution in [1.29, 1.82) is 0 Å². The molecule has 0 radical (unpaired) electrons. The number of ether oxygens (including phenoxy) is 2. The quantitative estimate of drug-likeness (QED) is 0.638. The highest BCUT2D eigenvalue weighted by atomic mass is 19.1. The molecule has 0 aliphatic carbocycles. The van der Waals surface area contributed by atoms with Crippen molar-refractivity contribution in [3.63, 3.8) is 0 Å². The van der Waals surface area contributed by atoms with E-state index in [1.807, 2.05) is 6.07 Å². The molecule has 0 bridgehead atoms. The molecule has 2 aliphatic heterocycles. The summed E-state index contributed by atoms with van der Waals surface area (Å²) in [5, 5.41) is 3.01. The molecule has 2 amide bonds. The van der Waals surface area contributed by atoms with Crippen molar-refractivity contribution in [3.8, 4) is 11.5 Å². The van der Waals surface area contributed by atoms with Gasteiger partial charge in [-0.25, -0.2) is 4.39 Å². The standard InChI is InChI=1S/C24H17FN2O4/c25-17-7-9-18(10-8-17)26-22-21(16-4-2-1-3-5-16)23(28)27(24(22)29)13-15-6-11-19-20(12-15)31-14-30-19/h1-12,26H,13-14H2. The molecule has 6 nitrogen and oxygen atoms in total. The lowest BCUT2D eigenvalue weighted by Gasteiger charge is -2.16. The van der Waals surface area contributed by atoms with Crippen LogP contribution in [0, 0.1) is 5.82 Å². The number of nitrogens with one attached hydrogen (secondary N) is 1. The molecular formula is C24H17FN2O4. The molecule has 2 aliphatic rings. The predicted octanol–water partition coefficient (Wildman–Crippen LogP) is 3.95. The van der Waals surface area contributed by atoms with Crippen molar-refractivity contribution in [1.82, 2.24) is 4.90 Å². The lowest BCUT2D eigenvalue weighted by Crippen LogP contribution is -2.32. The zero-order valence-corrected chi connectivity index (χ0v) is 16.3. The van der Waals surface area contributed by atoms with Crippen LogP contribution in [-0.4, -0.2) is 23.5 Å². The molecular weight excluding hydrogens is 399 g/mol. The molecule has 7 heteroatoms. The van der Waals surface area contributed by atoms with Gasteiger partial charge in [-0.05, 0) is 47.5 Å². The highest BCUT2D eigenvalue weighted by molar-refractivity contribution is 6.36. The Morgan fingerprint density at radius 3 is 2.39 bits per heavy atom. The maximum atomic E-state index is 13.3. The third-order valence-electron chi connectivity index (χ3n) is 5.12. The minimum absolute atomic E-state index is 0.0826. The van der Waals surface area contributed by atoms with Gasteiger partial charge in [0, 0.05) is 5.69 Å². The van der Waals surface area contributed by atoms with Gasteiger partial charge in [0.1, 0.15) is 11.5 Å². The predicted molar refractivity (Wildman–Crippen MR) is 112 cm³/mol. The van der Waals surface area contributed by atoms with Crippen LogP contribution in [0.15, 0.2) is 78.5 Å². The summed E-state index contributed by atoms with van der Waals surface area (Å²) in [6.07, 6.45) is 0. The highest BCUT2D eigenvalue weighted by Crippen LogP contribution is 2.35. The van der Waals surface area contributed by atoms with Gasteiger partial charge >= 0.3 is 0 Å². The Bertz CT molecular complexity index is 1210. The van der Waals surface area contributed by atoms with Crippen LogP contribution in [0.3, 0.4) is 0 Å². The minimum Gasteiger partial charge on any atom is -0.454 e. The number of hydrogen-bond acceptors (Lipinski definition) is 5. The number of carbonyl (C=O) groups excluding carboxylic acids is 2. The van der Waals surface area contributed by atoms with E-state index in [2.05, 4.69) is 5.32 Å². The van der Waals surface area contributed by atoms with E-state index in [1.165, 1.54) is 29.2 Å². The van der Waals surface area contributed by atoms with E-state index in [9.17, 15) is 14.0 Å². The minimum atomic E-state index is -0.453. The molecule has 31 heavy (non-hydrogen) atoms. The summed E-state index contributed by atoms with van der Waals surface area (Å²) in [6, 6.07) is 19.9. The molecule has 2 heterocycles. The van der Waals surface area contributed by atoms with Gasteiger partial charge < -0.3 is 14.8 Å². The fraction of sp³-hybridized carbons (Fsp3) is 0.0833. The van der Waals surface area contributed by atoms with Crippen LogP contribution in [0.5, 0.6) is 11.5 Å². The molecule has 5 rings (SSSR count). The summed E-state index contributed by atoms with van der Waals surface area (Å²) in [5.41, 5.74) is 2.30. The molecule has 0 unspecified atom stereocenters. The lowest BCUT2D eigenvalue weighted by molar-refractivity contribution is -0.137. The van der Waals surface area contributed by atoms with Gasteiger partial charge in [0.2, 0.25) is 6.79 Å². The molecule has 154 valence electrons. The van der Waals surface area contributed by atoms with Crippen LogP contribution in [0.2, 0.25) is 0 Å². The van der Waals surface area contributed by atoms with Gasteiger partial charge in [0.15, 0.2) is 11.5 Å². The lowest BCUT2D eigenvalue weighted by atomic mass is 10.0. The van der Waals surface area contributed by atoms with Crippen LogP contribution in [-0.2, 0) is 16.1 Å². The maximum absolute atomic E-state index is 13.3. The van der Waals surface area contributed by atoms with Gasteiger partial charge in [-0.1, -0.05) is 36.4 Å². The normalized spacial score (nSPS) is 15.1. The first-order chi connectivity index (χ1) is 15.1. The summed E-state index contributed by atoms with van der Waals surface area (Å²) in [5.74, 6) is -0.0347. The summed E-state index contributed by atoms with van der Waals surface area (Å²) in [4.78, 5) is 27.8. The number of carbonyl (C=O) groups is 2. The summed E-state index contributed by atoms with van der Waals surface area (Å²) < 4.78 is 24.0. The average molecular weight is 416 g/mol. The van der Waals surface area contributed by atoms with Crippen molar-refractivity contribution in [2.24, 2.45) is 0 Å². The van der Waals surface area contributed by atoms with Crippen molar-refractivity contribution < 1.29 is 23.5 Å². The van der Waals surface area contributed by atoms with E-state index in [0.29, 0.717) is 22.7 Å². The van der Waals surface area contributed by atoms with Crippen LogP contribution >= 0.6 is 0 Å². The molecule has 0 saturated heterocycles. The van der Waals surface area contributed by atoms with Gasteiger partial charge in [-0.3, -0.25) is 14.5 Å². The Morgan fingerprint density at radius 1 is 0.871 bits per heavy atom. The van der Waals surface area contributed by atoms with Crippen LogP contribution < -0.4 is 14.8 Å². The number of hydrogen-bond donors (Lipinski definition) is 1. The van der Waals surface area contributed by atoms with Gasteiger partial charge in [0.25, 0.3) is 11.8 Å². The second-order valence-corrected chi connectivity index (χ2v) is 7.13. The molecule has 0 fully saturated rings. The molecule has 0 saturated carbocycles. The Hall–Kier alpha value is -4.13. The first kappa shape index (κ1) is 18.9. The number of imide groups is 1. The number of nitrogens with zero attached hydrogens (tertiary/aromatic N) is 1. The summed E-state index contributed by atoms with van der Waals surface area (Å²) in [7, 11) is 0. The second-order valence-electron chi connectivity index (χ2n) is 7.13. The topological polar surface area (TPSA) is 67.9 Å². The monoisotopic (exact) mass is 416 g/mol. The van der Waals surface area contributed by atoms with E-state index in [0.717, 1.165) is 5.56 Å². The number of rotatable bonds is 5. The molecule has 0 aromatic heterocycles. The van der Waals surface area contributed by atoms with E-state index in [4.69, 9.17) is 9.47 Å². The molecule has 3 aromatic rings. The smallest absolute Gasteiger partial charge is 0.278 e. The fourth-order valence-corrected chi connectivity index (χ4v) is 3.61. The third kappa shape index (κ3) is 3.50. The average Bonchev–Trinajstić information content (AvgIpc) is 3.34. The van der Waals surface area contributed by atoms with Crippen molar-refractivity contribution in [3.05, 3.63) is 95.4 Å². The van der Waals surface area contributed by atoms with Crippen LogP contribution in [0.25, 0.3) is 5.57 Å². The number of anilines is 1. The van der Waals surface area contributed by atoms with Gasteiger partial charge in [0.05, 0.1) is 12.1 Å². The van der Waals surface area contributed by atoms with Gasteiger partial charge in [-0.2, -0.15) is 0 Å². The van der Waals surface area contributed by atoms with Crippen LogP contribution in [0.1, 0.15) is 11.1 Å². The molecule has 0 atom stereocenters. The summed E-state index contributed by atoms with van der Waals surface area (Å²) in [6.45, 7) is 0.227.